The lowest BCUT2D eigenvalue weighted by Crippen LogP contribution is -2.39. The van der Waals surface area contributed by atoms with Crippen molar-refractivity contribution in [2.75, 3.05) is 39.8 Å². The summed E-state index contributed by atoms with van der Waals surface area (Å²) in [5.41, 5.74) is 0.881. The van der Waals surface area contributed by atoms with Gasteiger partial charge in [0.05, 0.1) is 12.6 Å². The molecule has 6 heteroatoms. The van der Waals surface area contributed by atoms with E-state index in [-0.39, 0.29) is 11.9 Å². The Morgan fingerprint density at radius 2 is 2.11 bits per heavy atom. The SMILES string of the molecule is CN=C(NCCCN1CCCC1)NC(C)c1ccc(OCC2CC2)c(F)c1. The highest BCUT2D eigenvalue weighted by Crippen LogP contribution is 2.30. The van der Waals surface area contributed by atoms with Crippen LogP contribution in [-0.2, 0) is 0 Å². The van der Waals surface area contributed by atoms with E-state index < -0.39 is 0 Å². The topological polar surface area (TPSA) is 48.9 Å². The number of nitrogens with one attached hydrogen (secondary N) is 2. The molecule has 5 nitrogen and oxygen atoms in total. The van der Waals surface area contributed by atoms with Gasteiger partial charge < -0.3 is 20.3 Å². The Morgan fingerprint density at radius 3 is 2.78 bits per heavy atom. The maximum atomic E-state index is 14.3. The van der Waals surface area contributed by atoms with Gasteiger partial charge in [0.1, 0.15) is 0 Å². The zero-order valence-electron chi connectivity index (χ0n) is 16.6. The normalized spacial score (nSPS) is 19.1. The summed E-state index contributed by atoms with van der Waals surface area (Å²) in [6.07, 6.45) is 6.15. The fourth-order valence-corrected chi connectivity index (χ4v) is 3.39. The van der Waals surface area contributed by atoms with Crippen molar-refractivity contribution in [2.45, 2.75) is 45.1 Å². The second-order valence-corrected chi connectivity index (χ2v) is 7.71. The maximum absolute atomic E-state index is 14.3. The van der Waals surface area contributed by atoms with Crippen molar-refractivity contribution in [1.82, 2.24) is 15.5 Å². The Balaban J connectivity index is 1.42. The number of hydrogen-bond donors (Lipinski definition) is 2. The van der Waals surface area contributed by atoms with Gasteiger partial charge in [-0.1, -0.05) is 6.07 Å². The lowest BCUT2D eigenvalue weighted by molar-refractivity contribution is 0.285. The van der Waals surface area contributed by atoms with Crippen LogP contribution in [0.15, 0.2) is 23.2 Å². The third-order valence-corrected chi connectivity index (χ3v) is 5.35. The molecule has 3 rings (SSSR count). The largest absolute Gasteiger partial charge is 0.490 e. The molecule has 2 fully saturated rings. The van der Waals surface area contributed by atoms with Crippen LogP contribution in [0.2, 0.25) is 0 Å². The number of ether oxygens (including phenoxy) is 1. The first kappa shape index (κ1) is 19.9. The van der Waals surface area contributed by atoms with E-state index in [0.717, 1.165) is 31.0 Å². The number of likely N-dealkylation sites (tertiary alicyclic amines) is 1. The molecule has 1 unspecified atom stereocenters. The number of aliphatic imine (C=N–C) groups is 1. The van der Waals surface area contributed by atoms with Gasteiger partial charge in [-0.3, -0.25) is 4.99 Å². The Morgan fingerprint density at radius 1 is 1.33 bits per heavy atom. The molecule has 1 aliphatic heterocycles. The second kappa shape index (κ2) is 9.93. The number of nitrogens with zero attached hydrogens (tertiary/aromatic N) is 2. The highest BCUT2D eigenvalue weighted by molar-refractivity contribution is 5.80. The number of benzene rings is 1. The van der Waals surface area contributed by atoms with Crippen LogP contribution in [0.5, 0.6) is 5.75 Å². The molecule has 0 radical (unpaired) electrons. The monoisotopic (exact) mass is 376 g/mol. The minimum Gasteiger partial charge on any atom is -0.490 e. The molecule has 150 valence electrons. The van der Waals surface area contributed by atoms with Crippen molar-refractivity contribution in [3.05, 3.63) is 29.6 Å². The van der Waals surface area contributed by atoms with E-state index in [1.807, 2.05) is 13.0 Å². The van der Waals surface area contributed by atoms with Crippen molar-refractivity contribution >= 4 is 5.96 Å². The van der Waals surface area contributed by atoms with Crippen molar-refractivity contribution in [1.29, 1.82) is 0 Å². The van der Waals surface area contributed by atoms with Crippen molar-refractivity contribution < 1.29 is 9.13 Å². The summed E-state index contributed by atoms with van der Waals surface area (Å²) in [5, 5.41) is 6.69. The summed E-state index contributed by atoms with van der Waals surface area (Å²) in [6, 6.07) is 5.17. The smallest absolute Gasteiger partial charge is 0.191 e. The summed E-state index contributed by atoms with van der Waals surface area (Å²) in [7, 11) is 1.76. The molecule has 1 saturated carbocycles. The number of hydrogen-bond acceptors (Lipinski definition) is 3. The van der Waals surface area contributed by atoms with Crippen LogP contribution < -0.4 is 15.4 Å². The van der Waals surface area contributed by atoms with E-state index in [0.29, 0.717) is 18.3 Å². The molecule has 0 spiro atoms. The van der Waals surface area contributed by atoms with Gasteiger partial charge in [-0.25, -0.2) is 4.39 Å². The minimum atomic E-state index is -0.296. The molecule has 2 aliphatic rings. The molecular weight excluding hydrogens is 343 g/mol. The van der Waals surface area contributed by atoms with Crippen LogP contribution in [0.4, 0.5) is 4.39 Å². The number of guanidine groups is 1. The highest BCUT2D eigenvalue weighted by atomic mass is 19.1. The van der Waals surface area contributed by atoms with Gasteiger partial charge in [0, 0.05) is 13.6 Å². The fourth-order valence-electron chi connectivity index (χ4n) is 3.39. The van der Waals surface area contributed by atoms with Gasteiger partial charge in [-0.05, 0) is 82.3 Å². The summed E-state index contributed by atoms with van der Waals surface area (Å²) in [6.45, 7) is 7.11. The molecule has 0 amide bonds. The second-order valence-electron chi connectivity index (χ2n) is 7.71. The summed E-state index contributed by atoms with van der Waals surface area (Å²) < 4.78 is 19.9. The first-order chi connectivity index (χ1) is 13.2. The fraction of sp³-hybridized carbons (Fsp3) is 0.667. The van der Waals surface area contributed by atoms with E-state index in [4.69, 9.17) is 4.74 Å². The highest BCUT2D eigenvalue weighted by Gasteiger charge is 2.22. The van der Waals surface area contributed by atoms with Gasteiger partial charge in [-0.15, -0.1) is 0 Å². The minimum absolute atomic E-state index is 0.0400. The van der Waals surface area contributed by atoms with E-state index in [1.165, 1.54) is 38.8 Å². The van der Waals surface area contributed by atoms with E-state index in [2.05, 4.69) is 20.5 Å². The van der Waals surface area contributed by atoms with Gasteiger partial charge in [0.15, 0.2) is 17.5 Å². The first-order valence-electron chi connectivity index (χ1n) is 10.3. The van der Waals surface area contributed by atoms with Gasteiger partial charge in [0.25, 0.3) is 0 Å². The molecule has 2 N–H and O–H groups in total. The molecule has 1 aliphatic carbocycles. The average molecular weight is 377 g/mol. The Kier molecular flexibility index (Phi) is 7.33. The molecule has 1 heterocycles. The third kappa shape index (κ3) is 6.38. The summed E-state index contributed by atoms with van der Waals surface area (Å²) in [5.74, 6) is 1.42. The Hall–Kier alpha value is -1.82. The molecular formula is C21H33FN4O. The molecule has 1 saturated heterocycles. The quantitative estimate of drug-likeness (QED) is 0.394. The van der Waals surface area contributed by atoms with Crippen LogP contribution in [0, 0.1) is 11.7 Å². The van der Waals surface area contributed by atoms with Crippen LogP contribution in [0.25, 0.3) is 0 Å². The van der Waals surface area contributed by atoms with Crippen LogP contribution in [0.1, 0.15) is 50.6 Å². The molecule has 27 heavy (non-hydrogen) atoms. The summed E-state index contributed by atoms with van der Waals surface area (Å²) in [4.78, 5) is 6.79. The molecule has 1 atom stereocenters. The Labute approximate surface area is 162 Å². The number of halogens is 1. The zero-order valence-corrected chi connectivity index (χ0v) is 16.6. The van der Waals surface area contributed by atoms with E-state index >= 15 is 0 Å². The van der Waals surface area contributed by atoms with E-state index in [9.17, 15) is 4.39 Å². The molecule has 1 aromatic carbocycles. The van der Waals surface area contributed by atoms with Gasteiger partial charge in [0.2, 0.25) is 0 Å². The average Bonchev–Trinajstić information content (AvgIpc) is 3.36. The predicted octanol–water partition coefficient (Wildman–Crippen LogP) is 3.33. The van der Waals surface area contributed by atoms with Crippen molar-refractivity contribution in [3.8, 4) is 5.75 Å². The third-order valence-electron chi connectivity index (χ3n) is 5.35. The molecule has 1 aromatic rings. The Bertz CT molecular complexity index is 627. The maximum Gasteiger partial charge on any atom is 0.191 e. The zero-order chi connectivity index (χ0) is 19.1. The lowest BCUT2D eigenvalue weighted by atomic mass is 10.1. The van der Waals surface area contributed by atoms with Crippen molar-refractivity contribution in [2.24, 2.45) is 10.9 Å². The van der Waals surface area contributed by atoms with Gasteiger partial charge in [-0.2, -0.15) is 0 Å². The van der Waals surface area contributed by atoms with Crippen LogP contribution in [-0.4, -0.2) is 50.7 Å². The van der Waals surface area contributed by atoms with Crippen LogP contribution in [0.3, 0.4) is 0 Å². The summed E-state index contributed by atoms with van der Waals surface area (Å²) >= 11 is 0. The first-order valence-corrected chi connectivity index (χ1v) is 10.3. The van der Waals surface area contributed by atoms with Crippen molar-refractivity contribution in [3.63, 3.8) is 0 Å². The molecule has 0 aromatic heterocycles. The molecule has 0 bridgehead atoms. The predicted molar refractivity (Wildman–Crippen MR) is 108 cm³/mol. The number of rotatable bonds is 9. The lowest BCUT2D eigenvalue weighted by Gasteiger charge is -2.20. The standard InChI is InChI=1S/C21H33FN4O/c1-16(18-8-9-20(19(22)14-18)27-15-17-6-7-17)25-21(23-2)24-10-5-13-26-11-3-4-12-26/h8-9,14,16-17H,3-7,10-13,15H2,1-2H3,(H2,23,24,25). The van der Waals surface area contributed by atoms with Gasteiger partial charge >= 0.3 is 0 Å². The van der Waals surface area contributed by atoms with Crippen LogP contribution >= 0.6 is 0 Å². The van der Waals surface area contributed by atoms with E-state index in [1.54, 1.807) is 19.2 Å².